The average molecular weight is 522 g/mol. The quantitative estimate of drug-likeness (QED) is 0.565. The highest BCUT2D eigenvalue weighted by molar-refractivity contribution is 7.86. The lowest BCUT2D eigenvalue weighted by Crippen LogP contribution is -2.53. The lowest BCUT2D eigenvalue weighted by Gasteiger charge is -2.38. The van der Waals surface area contributed by atoms with Crippen molar-refractivity contribution in [2.75, 3.05) is 45.9 Å². The first-order valence-corrected chi connectivity index (χ1v) is 14.7. The van der Waals surface area contributed by atoms with E-state index in [9.17, 15) is 18.0 Å². The largest absolute Gasteiger partial charge is 0.494 e. The molecule has 1 atom stereocenters. The number of esters is 1. The van der Waals surface area contributed by atoms with Crippen molar-refractivity contribution in [1.29, 1.82) is 0 Å². The molecule has 36 heavy (non-hydrogen) atoms. The van der Waals surface area contributed by atoms with Crippen molar-refractivity contribution >= 4 is 22.1 Å². The summed E-state index contributed by atoms with van der Waals surface area (Å²) in [6.07, 6.45) is 5.98. The van der Waals surface area contributed by atoms with Crippen LogP contribution in [0.3, 0.4) is 0 Å². The number of amides is 1. The van der Waals surface area contributed by atoms with Crippen LogP contribution in [0, 0.1) is 5.92 Å². The van der Waals surface area contributed by atoms with Crippen LogP contribution >= 0.6 is 0 Å². The van der Waals surface area contributed by atoms with Crippen LogP contribution in [0.1, 0.15) is 57.4 Å². The van der Waals surface area contributed by atoms with E-state index >= 15 is 0 Å². The van der Waals surface area contributed by atoms with Crippen molar-refractivity contribution in [3.05, 3.63) is 29.8 Å². The monoisotopic (exact) mass is 521 g/mol. The molecule has 0 N–H and O–H groups in total. The van der Waals surface area contributed by atoms with Gasteiger partial charge >= 0.3 is 5.97 Å². The second-order valence-electron chi connectivity index (χ2n) is 9.89. The Morgan fingerprint density at radius 3 is 2.61 bits per heavy atom. The second-order valence-corrected chi connectivity index (χ2v) is 11.8. The van der Waals surface area contributed by atoms with Crippen LogP contribution < -0.4 is 4.74 Å². The maximum Gasteiger partial charge on any atom is 0.309 e. The highest BCUT2D eigenvalue weighted by Gasteiger charge is 2.37. The number of ether oxygens (including phenoxy) is 2. The minimum Gasteiger partial charge on any atom is -0.494 e. The molecule has 1 aromatic carbocycles. The van der Waals surface area contributed by atoms with Gasteiger partial charge in [-0.2, -0.15) is 17.0 Å². The summed E-state index contributed by atoms with van der Waals surface area (Å²) in [5.41, 5.74) is 1.19. The van der Waals surface area contributed by atoms with E-state index in [1.165, 1.54) is 14.2 Å². The van der Waals surface area contributed by atoms with E-state index in [-0.39, 0.29) is 50.0 Å². The molecule has 2 bridgehead atoms. The van der Waals surface area contributed by atoms with Gasteiger partial charge in [-0.25, -0.2) is 0 Å². The van der Waals surface area contributed by atoms with Gasteiger partial charge in [0.2, 0.25) is 5.91 Å². The highest BCUT2D eigenvalue weighted by atomic mass is 32.2. The van der Waals surface area contributed by atoms with Gasteiger partial charge in [-0.05, 0) is 76.0 Å². The first-order chi connectivity index (χ1) is 17.4. The van der Waals surface area contributed by atoms with E-state index in [1.54, 1.807) is 6.92 Å². The summed E-state index contributed by atoms with van der Waals surface area (Å²) < 4.78 is 41.1. The zero-order valence-corrected chi connectivity index (χ0v) is 22.1. The fraction of sp³-hybridized carbons (Fsp3) is 0.692. The van der Waals surface area contributed by atoms with E-state index in [0.717, 1.165) is 37.9 Å². The number of aryl methyl sites for hydroxylation is 1. The van der Waals surface area contributed by atoms with Crippen LogP contribution in [0.5, 0.6) is 5.75 Å². The summed E-state index contributed by atoms with van der Waals surface area (Å²) >= 11 is 0. The predicted molar refractivity (Wildman–Crippen MR) is 136 cm³/mol. The Labute approximate surface area is 214 Å². The number of rotatable bonds is 4. The van der Waals surface area contributed by atoms with Crippen molar-refractivity contribution in [2.24, 2.45) is 5.92 Å². The van der Waals surface area contributed by atoms with E-state index in [0.29, 0.717) is 39.0 Å². The molecule has 9 nitrogen and oxygen atoms in total. The van der Waals surface area contributed by atoms with Gasteiger partial charge in [0.25, 0.3) is 10.2 Å². The Balaban J connectivity index is 1.50. The number of piperidine rings is 2. The molecule has 200 valence electrons. The third kappa shape index (κ3) is 6.58. The summed E-state index contributed by atoms with van der Waals surface area (Å²) in [6, 6.07) is 8.16. The van der Waals surface area contributed by atoms with Crippen molar-refractivity contribution in [2.45, 2.75) is 64.3 Å². The van der Waals surface area contributed by atoms with Gasteiger partial charge in [-0.3, -0.25) is 9.59 Å². The Bertz CT molecular complexity index is 1010. The third-order valence-electron chi connectivity index (χ3n) is 7.47. The van der Waals surface area contributed by atoms with E-state index in [2.05, 4.69) is 6.07 Å². The minimum atomic E-state index is -3.87. The van der Waals surface area contributed by atoms with Gasteiger partial charge in [-0.15, -0.1) is 0 Å². The topological polar surface area (TPSA) is 96.5 Å². The lowest BCUT2D eigenvalue weighted by atomic mass is 9.95. The third-order valence-corrected chi connectivity index (χ3v) is 9.45. The Hall–Kier alpha value is -2.17. The van der Waals surface area contributed by atoms with Crippen molar-refractivity contribution in [1.82, 2.24) is 13.5 Å². The van der Waals surface area contributed by atoms with Crippen LogP contribution in [0.2, 0.25) is 0 Å². The van der Waals surface area contributed by atoms with Gasteiger partial charge in [0.1, 0.15) is 5.75 Å². The molecule has 3 aliphatic rings. The Kier molecular flexibility index (Phi) is 9.25. The van der Waals surface area contributed by atoms with E-state index in [1.807, 2.05) is 23.1 Å². The smallest absolute Gasteiger partial charge is 0.309 e. The SMILES string of the molecule is CCOC(=O)C1CCN(S(=O)(=O)N2CCCOc3cccc(c3)CCC3CCCCN3C(=O)C2)CC1. The molecule has 0 saturated carbocycles. The van der Waals surface area contributed by atoms with Crippen LogP contribution in [0.4, 0.5) is 0 Å². The Morgan fingerprint density at radius 2 is 1.83 bits per heavy atom. The first-order valence-electron chi connectivity index (χ1n) is 13.3. The number of benzene rings is 1. The predicted octanol–water partition coefficient (Wildman–Crippen LogP) is 2.60. The fourth-order valence-corrected chi connectivity index (χ4v) is 7.08. The minimum absolute atomic E-state index is 0.114. The standard InChI is InChI=1S/C26H39N3O6S/c1-2-34-26(31)22-12-16-27(17-13-22)36(32,33)28-14-6-18-35-24-9-5-7-21(19-24)10-11-23-8-3-4-15-29(23)25(30)20-28/h5,7,9,19,22-23H,2-4,6,8,10-18,20H2,1H3. The van der Waals surface area contributed by atoms with Gasteiger partial charge in [-0.1, -0.05) is 12.1 Å². The number of hydrogen-bond acceptors (Lipinski definition) is 6. The molecule has 0 aromatic heterocycles. The Morgan fingerprint density at radius 1 is 1.03 bits per heavy atom. The molecule has 3 heterocycles. The number of carbonyl (C=O) groups excluding carboxylic acids is 2. The normalized spacial score (nSPS) is 23.9. The number of hydrogen-bond donors (Lipinski definition) is 0. The highest BCUT2D eigenvalue weighted by Crippen LogP contribution is 2.26. The number of nitrogens with zero attached hydrogens (tertiary/aromatic N) is 3. The lowest BCUT2D eigenvalue weighted by molar-refractivity contribution is -0.149. The fourth-order valence-electron chi connectivity index (χ4n) is 5.45. The molecule has 0 aliphatic carbocycles. The molecule has 10 heteroatoms. The summed E-state index contributed by atoms with van der Waals surface area (Å²) in [5.74, 6) is 0.115. The zero-order chi connectivity index (χ0) is 25.5. The molecule has 1 amide bonds. The van der Waals surface area contributed by atoms with Crippen LogP contribution in [-0.2, 0) is 31.0 Å². The van der Waals surface area contributed by atoms with E-state index < -0.39 is 10.2 Å². The maximum atomic E-state index is 13.7. The van der Waals surface area contributed by atoms with Crippen molar-refractivity contribution in [3.63, 3.8) is 0 Å². The summed E-state index contributed by atoms with van der Waals surface area (Å²) in [7, 11) is -3.87. The molecule has 0 spiro atoms. The average Bonchev–Trinajstić information content (AvgIpc) is 2.89. The molecular weight excluding hydrogens is 482 g/mol. The molecule has 2 fully saturated rings. The summed E-state index contributed by atoms with van der Waals surface area (Å²) in [4.78, 5) is 27.5. The molecule has 0 radical (unpaired) electrons. The molecule has 1 unspecified atom stereocenters. The summed E-state index contributed by atoms with van der Waals surface area (Å²) in [5, 5.41) is 0. The van der Waals surface area contributed by atoms with Gasteiger partial charge < -0.3 is 14.4 Å². The van der Waals surface area contributed by atoms with Gasteiger partial charge in [0.15, 0.2) is 0 Å². The van der Waals surface area contributed by atoms with Crippen molar-refractivity contribution < 1.29 is 27.5 Å². The van der Waals surface area contributed by atoms with Crippen LogP contribution in [0.25, 0.3) is 0 Å². The summed E-state index contributed by atoms with van der Waals surface area (Å²) in [6.45, 7) is 3.64. The molecule has 3 aliphatic heterocycles. The molecule has 4 rings (SSSR count). The van der Waals surface area contributed by atoms with Gasteiger partial charge in [0, 0.05) is 32.2 Å². The molecular formula is C26H39N3O6S. The maximum absolute atomic E-state index is 13.7. The van der Waals surface area contributed by atoms with Gasteiger partial charge in [0.05, 0.1) is 25.7 Å². The molecule has 2 saturated heterocycles. The van der Waals surface area contributed by atoms with Crippen LogP contribution in [0.15, 0.2) is 24.3 Å². The van der Waals surface area contributed by atoms with Crippen molar-refractivity contribution in [3.8, 4) is 5.75 Å². The second kappa shape index (κ2) is 12.4. The van der Waals surface area contributed by atoms with E-state index in [4.69, 9.17) is 9.47 Å². The zero-order valence-electron chi connectivity index (χ0n) is 21.3. The number of fused-ring (bicyclic) bond motifs is 3. The number of carbonyl (C=O) groups is 2. The van der Waals surface area contributed by atoms with Crippen LogP contribution in [-0.4, -0.2) is 85.8 Å². The molecule has 1 aromatic rings. The first kappa shape index (κ1) is 26.9.